The zero-order valence-corrected chi connectivity index (χ0v) is 19.8. The number of carbonyl (C=O) groups is 1. The fraction of sp³-hybridized carbons (Fsp3) is 0.609. The molecule has 0 unspecified atom stereocenters. The van der Waals surface area contributed by atoms with Crippen LogP contribution in [0.4, 0.5) is 50.0 Å². The zero-order chi connectivity index (χ0) is 28.3. The number of halogens is 9. The van der Waals surface area contributed by atoms with Crippen molar-refractivity contribution >= 4 is 11.8 Å². The number of nitrogens with zero attached hydrogens (tertiary/aromatic N) is 3. The summed E-state index contributed by atoms with van der Waals surface area (Å²) < 4.78 is 125. The Hall–Kier alpha value is -2.86. The minimum Gasteiger partial charge on any atom is -0.426 e. The number of piperazine rings is 1. The topological polar surface area (TPSA) is 45.2 Å². The van der Waals surface area contributed by atoms with Gasteiger partial charge in [0.05, 0.1) is 11.7 Å². The maximum Gasteiger partial charge on any atom is 0.434 e. The van der Waals surface area contributed by atoms with Crippen LogP contribution in [0.15, 0.2) is 18.2 Å². The molecule has 6 nitrogen and oxygen atoms in total. The first kappa shape index (κ1) is 29.7. The molecule has 3 rings (SSSR count). The highest BCUT2D eigenvalue weighted by molar-refractivity contribution is 5.68. The van der Waals surface area contributed by atoms with Gasteiger partial charge in [-0.3, -0.25) is 4.90 Å². The summed E-state index contributed by atoms with van der Waals surface area (Å²) in [5, 5.41) is 0. The Kier molecular flexibility index (Phi) is 8.97. The summed E-state index contributed by atoms with van der Waals surface area (Å²) in [5.41, 5.74) is 0.00759. The molecule has 2 heterocycles. The molecule has 0 spiro atoms. The van der Waals surface area contributed by atoms with Gasteiger partial charge in [0.25, 0.3) is 6.10 Å². The van der Waals surface area contributed by atoms with Crippen LogP contribution >= 0.6 is 0 Å². The highest BCUT2D eigenvalue weighted by Gasteiger charge is 2.60. The summed E-state index contributed by atoms with van der Waals surface area (Å²) in [5.74, 6) is 2.34. The molecule has 2 saturated heterocycles. The monoisotopic (exact) mass is 561 g/mol. The van der Waals surface area contributed by atoms with E-state index >= 15 is 0 Å². The highest BCUT2D eigenvalue weighted by atomic mass is 19.4. The molecule has 1 atom stereocenters. The fourth-order valence-electron chi connectivity index (χ4n) is 4.24. The quantitative estimate of drug-likeness (QED) is 0.373. The first-order valence-electron chi connectivity index (χ1n) is 11.4. The molecule has 2 aliphatic rings. The lowest BCUT2D eigenvalue weighted by atomic mass is 10.1. The van der Waals surface area contributed by atoms with Gasteiger partial charge >= 0.3 is 24.6 Å². The first-order valence-corrected chi connectivity index (χ1v) is 11.4. The highest BCUT2D eigenvalue weighted by Crippen LogP contribution is 2.37. The number of hydrogen-bond donors (Lipinski definition) is 0. The van der Waals surface area contributed by atoms with Gasteiger partial charge in [0.2, 0.25) is 0 Å². The average Bonchev–Trinajstić information content (AvgIpc) is 3.28. The van der Waals surface area contributed by atoms with Crippen LogP contribution in [-0.2, 0) is 22.2 Å². The molecular weight excluding hydrogens is 537 g/mol. The van der Waals surface area contributed by atoms with Crippen molar-refractivity contribution in [3.63, 3.8) is 0 Å². The molecule has 0 bridgehead atoms. The van der Waals surface area contributed by atoms with Crippen LogP contribution in [0.5, 0.6) is 0 Å². The van der Waals surface area contributed by atoms with E-state index in [2.05, 4.69) is 10.7 Å². The van der Waals surface area contributed by atoms with Crippen molar-refractivity contribution in [2.75, 3.05) is 50.8 Å². The predicted octanol–water partition coefficient (Wildman–Crippen LogP) is 4.68. The molecule has 15 heteroatoms. The molecule has 0 aliphatic carbocycles. The van der Waals surface area contributed by atoms with Crippen LogP contribution in [0.25, 0.3) is 0 Å². The summed E-state index contributed by atoms with van der Waals surface area (Å²) >= 11 is 0. The average molecular weight is 561 g/mol. The minimum absolute atomic E-state index is 0.0478. The minimum atomic E-state index is -5.82. The van der Waals surface area contributed by atoms with Crippen molar-refractivity contribution in [2.24, 2.45) is 0 Å². The Labute approximate surface area is 212 Å². The van der Waals surface area contributed by atoms with Gasteiger partial charge in [0, 0.05) is 51.5 Å². The van der Waals surface area contributed by atoms with Gasteiger partial charge in [-0.2, -0.15) is 39.5 Å². The normalized spacial score (nSPS) is 19.7. The third-order valence-corrected chi connectivity index (χ3v) is 6.14. The van der Waals surface area contributed by atoms with Gasteiger partial charge < -0.3 is 19.3 Å². The number of ether oxygens (including phenoxy) is 2. The Morgan fingerprint density at radius 3 is 2.18 bits per heavy atom. The maximum atomic E-state index is 13.4. The molecule has 2 aliphatic heterocycles. The second kappa shape index (κ2) is 11.5. The lowest BCUT2D eigenvalue weighted by molar-refractivity contribution is -0.308. The van der Waals surface area contributed by atoms with Gasteiger partial charge in [0.15, 0.2) is 0 Å². The number of carbonyl (C=O) groups excluding carboxylic acids is 1. The first-order chi connectivity index (χ1) is 17.6. The summed E-state index contributed by atoms with van der Waals surface area (Å²) in [7, 11) is 0. The Morgan fingerprint density at radius 2 is 1.63 bits per heavy atom. The zero-order valence-electron chi connectivity index (χ0n) is 19.8. The van der Waals surface area contributed by atoms with Gasteiger partial charge in [0.1, 0.15) is 6.61 Å². The van der Waals surface area contributed by atoms with Crippen LogP contribution in [0.1, 0.15) is 17.5 Å². The largest absolute Gasteiger partial charge is 0.434 e. The maximum absolute atomic E-state index is 13.4. The molecule has 0 N–H and O–H groups in total. The van der Waals surface area contributed by atoms with Crippen LogP contribution < -0.4 is 4.90 Å². The van der Waals surface area contributed by atoms with E-state index in [1.165, 1.54) is 6.07 Å². The Bertz CT molecular complexity index is 999. The van der Waals surface area contributed by atoms with E-state index in [-0.39, 0.29) is 45.4 Å². The van der Waals surface area contributed by atoms with Crippen molar-refractivity contribution in [3.8, 4) is 12.3 Å². The molecule has 0 saturated carbocycles. The summed E-state index contributed by atoms with van der Waals surface area (Å²) in [6.07, 6.45) is -16.8. The molecule has 2 fully saturated rings. The van der Waals surface area contributed by atoms with E-state index in [9.17, 15) is 44.3 Å². The third-order valence-electron chi connectivity index (χ3n) is 6.14. The number of anilines is 1. The predicted molar refractivity (Wildman–Crippen MR) is 116 cm³/mol. The second-order valence-corrected chi connectivity index (χ2v) is 8.82. The molecule has 0 aromatic heterocycles. The van der Waals surface area contributed by atoms with E-state index in [0.717, 1.165) is 17.0 Å². The Balaban J connectivity index is 1.67. The Morgan fingerprint density at radius 1 is 1.00 bits per heavy atom. The van der Waals surface area contributed by atoms with E-state index in [1.807, 2.05) is 0 Å². The second-order valence-electron chi connectivity index (χ2n) is 8.82. The molecule has 1 aromatic carbocycles. The molecule has 212 valence electrons. The summed E-state index contributed by atoms with van der Waals surface area (Å²) in [6.45, 7) is 0.562. The van der Waals surface area contributed by atoms with E-state index < -0.39 is 36.3 Å². The van der Waals surface area contributed by atoms with E-state index in [0.29, 0.717) is 30.8 Å². The van der Waals surface area contributed by atoms with Gasteiger partial charge in [-0.25, -0.2) is 4.79 Å². The van der Waals surface area contributed by atoms with Gasteiger partial charge in [-0.05, 0) is 24.1 Å². The van der Waals surface area contributed by atoms with Crippen LogP contribution in [0.3, 0.4) is 0 Å². The van der Waals surface area contributed by atoms with E-state index in [1.54, 1.807) is 9.80 Å². The number of rotatable bonds is 6. The summed E-state index contributed by atoms with van der Waals surface area (Å²) in [6, 6.07) is 3.29. The number of terminal acetylenes is 1. The third kappa shape index (κ3) is 7.59. The number of amides is 1. The fourth-order valence-corrected chi connectivity index (χ4v) is 4.24. The number of alkyl halides is 9. The molecule has 1 aromatic rings. The smallest absolute Gasteiger partial charge is 0.426 e. The van der Waals surface area contributed by atoms with Crippen LogP contribution in [-0.4, -0.2) is 86.3 Å². The number of benzene rings is 1. The molecule has 1 amide bonds. The number of hydrogen-bond acceptors (Lipinski definition) is 5. The van der Waals surface area contributed by atoms with Gasteiger partial charge in [-0.15, -0.1) is 6.42 Å². The summed E-state index contributed by atoms with van der Waals surface area (Å²) in [4.78, 5) is 16.2. The van der Waals surface area contributed by atoms with Crippen molar-refractivity contribution in [2.45, 2.75) is 43.7 Å². The van der Waals surface area contributed by atoms with Crippen LogP contribution in [0.2, 0.25) is 0 Å². The van der Waals surface area contributed by atoms with Crippen molar-refractivity contribution in [1.29, 1.82) is 0 Å². The van der Waals surface area contributed by atoms with Crippen molar-refractivity contribution in [1.82, 2.24) is 9.80 Å². The SMILES string of the molecule is C#CCO[C@@H]1CCN(c2cc(C(F)(F)F)ccc2CN2CCN(C(=O)OC(C(F)(F)F)C(F)(F)F)CC2)C1. The van der Waals surface area contributed by atoms with E-state index in [4.69, 9.17) is 11.2 Å². The van der Waals surface area contributed by atoms with Crippen molar-refractivity contribution in [3.05, 3.63) is 29.3 Å². The molecule has 38 heavy (non-hydrogen) atoms. The lowest BCUT2D eigenvalue weighted by Gasteiger charge is -2.36. The van der Waals surface area contributed by atoms with Gasteiger partial charge in [-0.1, -0.05) is 12.0 Å². The van der Waals surface area contributed by atoms with Crippen molar-refractivity contribution < 1.29 is 53.8 Å². The molecule has 0 radical (unpaired) electrons. The standard InChI is InChI=1S/C23H24F9N3O3/c1-2-11-37-17-5-6-35(14-17)18-12-16(21(24,25)26)4-3-15(18)13-33-7-9-34(10-8-33)20(36)38-19(22(27,28)29)23(30,31)32/h1,3-4,12,17,19H,5-11,13-14H2/t17-/m1/s1. The lowest BCUT2D eigenvalue weighted by Crippen LogP contribution is -2.52. The van der Waals surface area contributed by atoms with Crippen LogP contribution in [0, 0.1) is 12.3 Å². The molecular formula is C23H24F9N3O3.